The van der Waals surface area contributed by atoms with Gasteiger partial charge in [0.2, 0.25) is 5.91 Å². The van der Waals surface area contributed by atoms with Crippen molar-refractivity contribution in [1.82, 2.24) is 20.6 Å². The average molecular weight is 392 g/mol. The smallest absolute Gasteiger partial charge is 0.290 e. The number of ether oxygens (including phenoxy) is 1. The normalized spacial score (nSPS) is 15.3. The summed E-state index contributed by atoms with van der Waals surface area (Å²) in [6, 6.07) is 14.3. The molecule has 0 unspecified atom stereocenters. The zero-order chi connectivity index (χ0) is 20.4. The molecule has 2 amide bonds. The Morgan fingerprint density at radius 1 is 1.10 bits per heavy atom. The van der Waals surface area contributed by atoms with Gasteiger partial charge in [0.25, 0.3) is 11.5 Å². The molecule has 0 spiro atoms. The maximum absolute atomic E-state index is 12.7. The first kappa shape index (κ1) is 18.7. The number of rotatable bonds is 3. The van der Waals surface area contributed by atoms with Crippen LogP contribution < -0.4 is 21.1 Å². The number of para-hydroxylation sites is 1. The van der Waals surface area contributed by atoms with Crippen molar-refractivity contribution in [2.45, 2.75) is 19.9 Å². The largest absolute Gasteiger partial charge is 0.492 e. The summed E-state index contributed by atoms with van der Waals surface area (Å²) in [5, 5.41) is 4.99. The van der Waals surface area contributed by atoms with Crippen LogP contribution in [0.4, 0.5) is 0 Å². The van der Waals surface area contributed by atoms with E-state index in [-0.39, 0.29) is 23.8 Å². The van der Waals surface area contributed by atoms with Crippen LogP contribution in [0.2, 0.25) is 0 Å². The van der Waals surface area contributed by atoms with Gasteiger partial charge in [0.1, 0.15) is 12.4 Å². The third-order valence-corrected chi connectivity index (χ3v) is 4.93. The van der Waals surface area contributed by atoms with E-state index in [4.69, 9.17) is 4.74 Å². The van der Waals surface area contributed by atoms with Crippen LogP contribution in [-0.2, 0) is 17.8 Å². The van der Waals surface area contributed by atoms with Crippen molar-refractivity contribution < 1.29 is 14.3 Å². The fourth-order valence-corrected chi connectivity index (χ4v) is 3.39. The molecule has 1 aromatic heterocycles. The summed E-state index contributed by atoms with van der Waals surface area (Å²) in [5.74, 6) is -0.576. The highest BCUT2D eigenvalue weighted by atomic mass is 16.5. The fraction of sp³-hybridized carbons (Fsp3) is 0.238. The number of benzene rings is 2. The number of hydrogen-bond acceptors (Lipinski definition) is 5. The fourth-order valence-electron chi connectivity index (χ4n) is 3.39. The van der Waals surface area contributed by atoms with E-state index in [1.165, 1.54) is 4.68 Å². The van der Waals surface area contributed by atoms with E-state index in [9.17, 15) is 14.4 Å². The van der Waals surface area contributed by atoms with Crippen molar-refractivity contribution in [3.63, 3.8) is 0 Å². The Balaban J connectivity index is 1.50. The number of amides is 2. The number of aryl methyl sites for hydroxylation is 1. The molecule has 8 heteroatoms. The summed E-state index contributed by atoms with van der Waals surface area (Å²) in [5.41, 5.74) is 5.63. The molecule has 1 aliphatic heterocycles. The Labute approximate surface area is 166 Å². The summed E-state index contributed by atoms with van der Waals surface area (Å²) in [6.07, 6.45) is 0.528. The number of aromatic nitrogens is 2. The van der Waals surface area contributed by atoms with Gasteiger partial charge in [-0.05, 0) is 31.0 Å². The molecule has 0 bridgehead atoms. The van der Waals surface area contributed by atoms with Crippen molar-refractivity contribution in [3.8, 4) is 5.75 Å². The Morgan fingerprint density at radius 2 is 1.83 bits per heavy atom. The monoisotopic (exact) mass is 392 g/mol. The number of carbonyl (C=O) groups excluding carboxylic acids is 2. The molecule has 0 saturated heterocycles. The Kier molecular flexibility index (Phi) is 4.99. The maximum atomic E-state index is 12.7. The molecule has 0 aliphatic carbocycles. The van der Waals surface area contributed by atoms with Crippen molar-refractivity contribution in [2.24, 2.45) is 5.92 Å². The van der Waals surface area contributed by atoms with Gasteiger partial charge in [-0.1, -0.05) is 36.4 Å². The minimum atomic E-state index is -0.589. The SMILES string of the molecule is CCn1nc(C(=O)NNC(=O)[C@H]2COc3ccccc3C2)c2ccccc2c1=O. The lowest BCUT2D eigenvalue weighted by molar-refractivity contribution is -0.127. The van der Waals surface area contributed by atoms with E-state index in [0.29, 0.717) is 23.7 Å². The molecular formula is C21H20N4O4. The predicted molar refractivity (Wildman–Crippen MR) is 106 cm³/mol. The summed E-state index contributed by atoms with van der Waals surface area (Å²) in [6.45, 7) is 2.34. The van der Waals surface area contributed by atoms with Crippen LogP contribution >= 0.6 is 0 Å². The van der Waals surface area contributed by atoms with Crippen LogP contribution in [0.15, 0.2) is 53.3 Å². The van der Waals surface area contributed by atoms with Crippen molar-refractivity contribution in [3.05, 3.63) is 70.1 Å². The highest BCUT2D eigenvalue weighted by Crippen LogP contribution is 2.26. The van der Waals surface area contributed by atoms with Crippen molar-refractivity contribution in [1.29, 1.82) is 0 Å². The Morgan fingerprint density at radius 3 is 2.62 bits per heavy atom. The van der Waals surface area contributed by atoms with Crippen LogP contribution in [0.1, 0.15) is 23.0 Å². The first-order valence-electron chi connectivity index (χ1n) is 9.39. The van der Waals surface area contributed by atoms with Crippen LogP contribution in [0.5, 0.6) is 5.75 Å². The first-order valence-corrected chi connectivity index (χ1v) is 9.39. The van der Waals surface area contributed by atoms with E-state index < -0.39 is 11.8 Å². The van der Waals surface area contributed by atoms with Gasteiger partial charge < -0.3 is 4.74 Å². The minimum absolute atomic E-state index is 0.0765. The minimum Gasteiger partial charge on any atom is -0.492 e. The van der Waals surface area contributed by atoms with Gasteiger partial charge in [0.15, 0.2) is 5.69 Å². The third kappa shape index (κ3) is 3.56. The summed E-state index contributed by atoms with van der Waals surface area (Å²) in [4.78, 5) is 37.6. The molecule has 2 aromatic carbocycles. The highest BCUT2D eigenvalue weighted by Gasteiger charge is 2.26. The molecule has 0 radical (unpaired) electrons. The summed E-state index contributed by atoms with van der Waals surface area (Å²) in [7, 11) is 0. The van der Waals surface area contributed by atoms with E-state index in [1.807, 2.05) is 24.3 Å². The third-order valence-electron chi connectivity index (χ3n) is 4.93. The van der Waals surface area contributed by atoms with Crippen LogP contribution in [0, 0.1) is 5.92 Å². The lowest BCUT2D eigenvalue weighted by Gasteiger charge is -2.24. The predicted octanol–water partition coefficient (Wildman–Crippen LogP) is 1.43. The molecule has 0 fully saturated rings. The zero-order valence-corrected chi connectivity index (χ0v) is 15.8. The molecule has 0 saturated carbocycles. The van der Waals surface area contributed by atoms with Gasteiger partial charge in [0.05, 0.1) is 11.3 Å². The van der Waals surface area contributed by atoms with Gasteiger partial charge in [-0.3, -0.25) is 25.2 Å². The molecule has 1 aliphatic rings. The number of fused-ring (bicyclic) bond motifs is 2. The molecule has 4 rings (SSSR count). The van der Waals surface area contributed by atoms with Gasteiger partial charge in [-0.25, -0.2) is 4.68 Å². The number of hydrazine groups is 1. The van der Waals surface area contributed by atoms with Crippen molar-refractivity contribution in [2.75, 3.05) is 6.61 Å². The van der Waals surface area contributed by atoms with Gasteiger partial charge in [-0.2, -0.15) is 5.10 Å². The molecule has 1 atom stereocenters. The first-order chi connectivity index (χ1) is 14.1. The number of nitrogens with zero attached hydrogens (tertiary/aromatic N) is 2. The highest BCUT2D eigenvalue weighted by molar-refractivity contribution is 6.05. The maximum Gasteiger partial charge on any atom is 0.290 e. The van der Waals surface area contributed by atoms with Gasteiger partial charge in [-0.15, -0.1) is 0 Å². The lowest BCUT2D eigenvalue weighted by Crippen LogP contribution is -2.47. The van der Waals surface area contributed by atoms with Crippen LogP contribution in [0.25, 0.3) is 10.8 Å². The molecule has 3 aromatic rings. The molecule has 29 heavy (non-hydrogen) atoms. The number of carbonyl (C=O) groups is 2. The second-order valence-electron chi connectivity index (χ2n) is 6.78. The Hall–Kier alpha value is -3.68. The van der Waals surface area contributed by atoms with E-state index >= 15 is 0 Å². The lowest BCUT2D eigenvalue weighted by atomic mass is 9.96. The number of hydrogen-bond donors (Lipinski definition) is 2. The second kappa shape index (κ2) is 7.75. The topological polar surface area (TPSA) is 102 Å². The Bertz CT molecular complexity index is 1150. The molecule has 2 heterocycles. The summed E-state index contributed by atoms with van der Waals surface area (Å²) >= 11 is 0. The standard InChI is InChI=1S/C21H20N4O4/c1-2-25-21(28)16-9-5-4-8-15(16)18(24-25)20(27)23-22-19(26)14-11-13-7-3-6-10-17(13)29-12-14/h3-10,14H,2,11-12H2,1H3,(H,22,26)(H,23,27)/t14-/m1/s1. The van der Waals surface area contributed by atoms with Gasteiger partial charge in [0, 0.05) is 11.9 Å². The molecular weight excluding hydrogens is 372 g/mol. The zero-order valence-electron chi connectivity index (χ0n) is 15.8. The van der Waals surface area contributed by atoms with Crippen LogP contribution in [0.3, 0.4) is 0 Å². The average Bonchev–Trinajstić information content (AvgIpc) is 2.77. The number of nitrogens with one attached hydrogen (secondary N) is 2. The quantitative estimate of drug-likeness (QED) is 0.657. The molecule has 2 N–H and O–H groups in total. The van der Waals surface area contributed by atoms with Crippen molar-refractivity contribution >= 4 is 22.6 Å². The van der Waals surface area contributed by atoms with E-state index in [1.54, 1.807) is 31.2 Å². The van der Waals surface area contributed by atoms with E-state index in [2.05, 4.69) is 16.0 Å². The van der Waals surface area contributed by atoms with Gasteiger partial charge >= 0.3 is 0 Å². The van der Waals surface area contributed by atoms with E-state index in [0.717, 1.165) is 11.3 Å². The van der Waals surface area contributed by atoms with Crippen LogP contribution in [-0.4, -0.2) is 28.2 Å². The molecule has 148 valence electrons. The molecule has 8 nitrogen and oxygen atoms in total. The second-order valence-corrected chi connectivity index (χ2v) is 6.78. The summed E-state index contributed by atoms with van der Waals surface area (Å²) < 4.78 is 6.85.